The second-order valence-electron chi connectivity index (χ2n) is 6.45. The minimum atomic E-state index is 0.206. The van der Waals surface area contributed by atoms with Crippen molar-refractivity contribution in [3.8, 4) is 0 Å². The Morgan fingerprint density at radius 2 is 2.08 bits per heavy atom. The molecule has 1 fully saturated rings. The molecule has 1 N–H and O–H groups in total. The molecule has 1 aliphatic heterocycles. The zero-order chi connectivity index (χ0) is 17.1. The summed E-state index contributed by atoms with van der Waals surface area (Å²) in [4.78, 5) is 18.9. The van der Waals surface area contributed by atoms with Crippen LogP contribution in [0, 0.1) is 13.8 Å². The van der Waals surface area contributed by atoms with Crippen LogP contribution in [0.25, 0.3) is 0 Å². The summed E-state index contributed by atoms with van der Waals surface area (Å²) in [6.07, 6.45) is 3.93. The zero-order valence-corrected chi connectivity index (χ0v) is 14.6. The summed E-state index contributed by atoms with van der Waals surface area (Å²) in [6, 6.07) is 0. The summed E-state index contributed by atoms with van der Waals surface area (Å²) in [6.45, 7) is 7.43. The maximum absolute atomic E-state index is 12.4. The second-order valence-corrected chi connectivity index (χ2v) is 6.45. The Bertz CT molecular complexity index is 678. The SMILES string of the molecule is CCc1nc(C2CCN(C(=O)CCc3c(C)noc3C)CC2)n[nH]1. The van der Waals surface area contributed by atoms with E-state index in [1.165, 1.54) is 0 Å². The van der Waals surface area contributed by atoms with Crippen molar-refractivity contribution >= 4 is 5.91 Å². The van der Waals surface area contributed by atoms with E-state index in [1.54, 1.807) is 0 Å². The molecule has 3 rings (SSSR count). The highest BCUT2D eigenvalue weighted by atomic mass is 16.5. The molecule has 0 spiro atoms. The first-order valence-corrected chi connectivity index (χ1v) is 8.69. The molecule has 3 heterocycles. The number of carbonyl (C=O) groups excluding carboxylic acids is 1. The second kappa shape index (κ2) is 7.15. The maximum atomic E-state index is 12.4. The Labute approximate surface area is 141 Å². The molecule has 1 aliphatic rings. The molecule has 1 saturated heterocycles. The summed E-state index contributed by atoms with van der Waals surface area (Å²) < 4.78 is 5.16. The smallest absolute Gasteiger partial charge is 0.222 e. The molecule has 130 valence electrons. The van der Waals surface area contributed by atoms with E-state index in [-0.39, 0.29) is 5.91 Å². The average Bonchev–Trinajstić information content (AvgIpc) is 3.20. The van der Waals surface area contributed by atoms with Gasteiger partial charge in [-0.1, -0.05) is 12.1 Å². The maximum Gasteiger partial charge on any atom is 0.222 e. The van der Waals surface area contributed by atoms with Crippen LogP contribution < -0.4 is 0 Å². The van der Waals surface area contributed by atoms with Crippen molar-refractivity contribution in [2.75, 3.05) is 13.1 Å². The Kier molecular flexibility index (Phi) is 4.97. The molecule has 1 amide bonds. The third-order valence-corrected chi connectivity index (χ3v) is 4.87. The lowest BCUT2D eigenvalue weighted by Gasteiger charge is -2.30. The number of H-pyrrole nitrogens is 1. The lowest BCUT2D eigenvalue weighted by Crippen LogP contribution is -2.38. The zero-order valence-electron chi connectivity index (χ0n) is 14.6. The number of likely N-dealkylation sites (tertiary alicyclic amines) is 1. The molecular weight excluding hydrogens is 306 g/mol. The van der Waals surface area contributed by atoms with Gasteiger partial charge in [-0.15, -0.1) is 0 Å². The number of hydrogen-bond donors (Lipinski definition) is 1. The summed E-state index contributed by atoms with van der Waals surface area (Å²) in [7, 11) is 0. The number of nitrogens with zero attached hydrogens (tertiary/aromatic N) is 4. The molecule has 7 heteroatoms. The van der Waals surface area contributed by atoms with Gasteiger partial charge in [0.15, 0.2) is 5.82 Å². The van der Waals surface area contributed by atoms with E-state index in [9.17, 15) is 4.79 Å². The molecule has 0 unspecified atom stereocenters. The van der Waals surface area contributed by atoms with E-state index in [1.807, 2.05) is 18.7 Å². The summed E-state index contributed by atoms with van der Waals surface area (Å²) in [5, 5.41) is 11.2. The third-order valence-electron chi connectivity index (χ3n) is 4.87. The van der Waals surface area contributed by atoms with Crippen LogP contribution in [-0.2, 0) is 17.6 Å². The first-order valence-electron chi connectivity index (χ1n) is 8.69. The standard InChI is InChI=1S/C17H25N5O2/c1-4-15-18-17(20-19-15)13-7-9-22(10-8-13)16(23)6-5-14-11(2)21-24-12(14)3/h13H,4-10H2,1-3H3,(H,18,19,20). The van der Waals surface area contributed by atoms with Crippen molar-refractivity contribution in [2.24, 2.45) is 0 Å². The van der Waals surface area contributed by atoms with Gasteiger partial charge in [0.2, 0.25) is 5.91 Å². The topological polar surface area (TPSA) is 87.9 Å². The fourth-order valence-electron chi connectivity index (χ4n) is 3.29. The molecule has 0 atom stereocenters. The van der Waals surface area contributed by atoms with Gasteiger partial charge in [-0.25, -0.2) is 4.98 Å². The molecule has 0 bridgehead atoms. The van der Waals surface area contributed by atoms with E-state index in [0.29, 0.717) is 18.8 Å². The van der Waals surface area contributed by atoms with Gasteiger partial charge >= 0.3 is 0 Å². The van der Waals surface area contributed by atoms with Crippen LogP contribution in [0.2, 0.25) is 0 Å². The van der Waals surface area contributed by atoms with E-state index in [4.69, 9.17) is 4.52 Å². The monoisotopic (exact) mass is 331 g/mol. The molecule has 0 aromatic carbocycles. The van der Waals surface area contributed by atoms with Crippen molar-refractivity contribution in [1.82, 2.24) is 25.2 Å². The van der Waals surface area contributed by atoms with Crippen LogP contribution in [0.3, 0.4) is 0 Å². The molecular formula is C17H25N5O2. The van der Waals surface area contributed by atoms with Crippen LogP contribution in [0.1, 0.15) is 60.8 Å². The van der Waals surface area contributed by atoms with Gasteiger partial charge in [0.1, 0.15) is 11.6 Å². The summed E-state index contributed by atoms with van der Waals surface area (Å²) in [5.41, 5.74) is 1.95. The predicted octanol–water partition coefficient (Wildman–Crippen LogP) is 2.31. The third kappa shape index (κ3) is 3.49. The van der Waals surface area contributed by atoms with Crippen molar-refractivity contribution in [1.29, 1.82) is 0 Å². The lowest BCUT2D eigenvalue weighted by atomic mass is 9.95. The number of carbonyl (C=O) groups is 1. The molecule has 24 heavy (non-hydrogen) atoms. The number of aryl methyl sites for hydroxylation is 3. The van der Waals surface area contributed by atoms with Gasteiger partial charge in [0.25, 0.3) is 0 Å². The Morgan fingerprint density at radius 3 is 2.67 bits per heavy atom. The fraction of sp³-hybridized carbons (Fsp3) is 0.647. The Hall–Kier alpha value is -2.18. The molecule has 2 aromatic heterocycles. The number of aromatic amines is 1. The fourth-order valence-corrected chi connectivity index (χ4v) is 3.29. The van der Waals surface area contributed by atoms with Crippen LogP contribution in [0.4, 0.5) is 0 Å². The first kappa shape index (κ1) is 16.7. The highest BCUT2D eigenvalue weighted by Gasteiger charge is 2.26. The largest absolute Gasteiger partial charge is 0.361 e. The van der Waals surface area contributed by atoms with Crippen molar-refractivity contribution in [3.63, 3.8) is 0 Å². The number of rotatable bonds is 5. The normalized spacial score (nSPS) is 15.9. The number of aromatic nitrogens is 4. The average molecular weight is 331 g/mol. The minimum Gasteiger partial charge on any atom is -0.361 e. The van der Waals surface area contributed by atoms with Crippen LogP contribution in [-0.4, -0.2) is 44.2 Å². The number of piperidine rings is 1. The molecule has 0 radical (unpaired) electrons. The highest BCUT2D eigenvalue weighted by Crippen LogP contribution is 2.26. The van der Waals surface area contributed by atoms with Crippen LogP contribution >= 0.6 is 0 Å². The summed E-state index contributed by atoms with van der Waals surface area (Å²) in [5.74, 6) is 3.21. The van der Waals surface area contributed by atoms with Gasteiger partial charge in [0.05, 0.1) is 5.69 Å². The van der Waals surface area contributed by atoms with Gasteiger partial charge in [-0.2, -0.15) is 5.10 Å². The molecule has 2 aromatic rings. The number of hydrogen-bond acceptors (Lipinski definition) is 5. The Morgan fingerprint density at radius 1 is 1.33 bits per heavy atom. The quantitative estimate of drug-likeness (QED) is 0.908. The van der Waals surface area contributed by atoms with Crippen molar-refractivity contribution in [3.05, 3.63) is 28.7 Å². The molecule has 0 saturated carbocycles. The van der Waals surface area contributed by atoms with Crippen molar-refractivity contribution in [2.45, 2.75) is 58.8 Å². The Balaban J connectivity index is 1.50. The van der Waals surface area contributed by atoms with E-state index in [0.717, 1.165) is 61.0 Å². The number of nitrogens with one attached hydrogen (secondary N) is 1. The molecule has 0 aliphatic carbocycles. The van der Waals surface area contributed by atoms with Gasteiger partial charge in [-0.3, -0.25) is 9.89 Å². The van der Waals surface area contributed by atoms with Gasteiger partial charge in [-0.05, 0) is 33.1 Å². The predicted molar refractivity (Wildman–Crippen MR) is 88.6 cm³/mol. The lowest BCUT2D eigenvalue weighted by molar-refractivity contribution is -0.132. The van der Waals surface area contributed by atoms with Crippen LogP contribution in [0.5, 0.6) is 0 Å². The van der Waals surface area contributed by atoms with E-state index >= 15 is 0 Å². The van der Waals surface area contributed by atoms with E-state index in [2.05, 4.69) is 27.3 Å². The minimum absolute atomic E-state index is 0.206. The number of amides is 1. The summed E-state index contributed by atoms with van der Waals surface area (Å²) >= 11 is 0. The van der Waals surface area contributed by atoms with Gasteiger partial charge < -0.3 is 9.42 Å². The highest BCUT2D eigenvalue weighted by molar-refractivity contribution is 5.76. The van der Waals surface area contributed by atoms with E-state index < -0.39 is 0 Å². The van der Waals surface area contributed by atoms with Crippen molar-refractivity contribution < 1.29 is 9.32 Å². The molecule has 7 nitrogen and oxygen atoms in total. The van der Waals surface area contributed by atoms with Gasteiger partial charge in [0, 0.05) is 37.4 Å². The first-order chi connectivity index (χ1) is 11.6. The van der Waals surface area contributed by atoms with Crippen LogP contribution in [0.15, 0.2) is 4.52 Å².